The van der Waals surface area contributed by atoms with E-state index in [1.54, 1.807) is 19.0 Å². The first kappa shape index (κ1) is 9.30. The Morgan fingerprint density at radius 2 is 1.75 bits per heavy atom. The number of hydrogen-bond donors (Lipinski definition) is 0. The molecule has 0 spiro atoms. The lowest BCUT2D eigenvalue weighted by molar-refractivity contribution is -0.124. The molecule has 2 nitrogen and oxygen atoms in total. The highest BCUT2D eigenvalue weighted by Gasteiger charge is 2.15. The van der Waals surface area contributed by atoms with E-state index in [-0.39, 0.29) is 5.91 Å². The summed E-state index contributed by atoms with van der Waals surface area (Å²) < 4.78 is 0. The molecule has 1 saturated carbocycles. The Bertz CT molecular complexity index is 208. The van der Waals surface area contributed by atoms with Gasteiger partial charge in [0.1, 0.15) is 0 Å². The maximum atomic E-state index is 11.5. The van der Waals surface area contributed by atoms with Gasteiger partial charge >= 0.3 is 0 Å². The van der Waals surface area contributed by atoms with Crippen LogP contribution in [0.4, 0.5) is 0 Å². The SMILES string of the molecule is CC(C(=O)N(C)C)=C1CCCC1. The van der Waals surface area contributed by atoms with Gasteiger partial charge in [-0.3, -0.25) is 4.79 Å². The van der Waals surface area contributed by atoms with E-state index in [1.807, 2.05) is 6.92 Å². The molecule has 0 saturated heterocycles. The van der Waals surface area contributed by atoms with Crippen molar-refractivity contribution < 1.29 is 4.79 Å². The fraction of sp³-hybridized carbons (Fsp3) is 0.700. The highest BCUT2D eigenvalue weighted by Crippen LogP contribution is 2.27. The fourth-order valence-electron chi connectivity index (χ4n) is 1.66. The van der Waals surface area contributed by atoms with Crippen molar-refractivity contribution in [1.29, 1.82) is 0 Å². The van der Waals surface area contributed by atoms with E-state index in [0.29, 0.717) is 0 Å². The van der Waals surface area contributed by atoms with Gasteiger partial charge in [0.2, 0.25) is 5.91 Å². The van der Waals surface area contributed by atoms with Gasteiger partial charge in [0, 0.05) is 19.7 Å². The predicted molar refractivity (Wildman–Crippen MR) is 49.9 cm³/mol. The molecule has 68 valence electrons. The van der Waals surface area contributed by atoms with E-state index in [1.165, 1.54) is 18.4 Å². The number of hydrogen-bond acceptors (Lipinski definition) is 1. The van der Waals surface area contributed by atoms with E-state index in [4.69, 9.17) is 0 Å². The highest BCUT2D eigenvalue weighted by atomic mass is 16.2. The van der Waals surface area contributed by atoms with E-state index in [9.17, 15) is 4.79 Å². The van der Waals surface area contributed by atoms with Crippen LogP contribution in [0.15, 0.2) is 11.1 Å². The molecule has 0 unspecified atom stereocenters. The minimum atomic E-state index is 0.173. The third-order valence-corrected chi connectivity index (χ3v) is 2.46. The van der Waals surface area contributed by atoms with Gasteiger partial charge in [-0.15, -0.1) is 0 Å². The fourth-order valence-corrected chi connectivity index (χ4v) is 1.66. The van der Waals surface area contributed by atoms with Crippen LogP contribution in [-0.4, -0.2) is 24.9 Å². The molecule has 1 rings (SSSR count). The van der Waals surface area contributed by atoms with Crippen LogP contribution in [0.5, 0.6) is 0 Å². The second kappa shape index (κ2) is 3.74. The summed E-state index contributed by atoms with van der Waals surface area (Å²) in [5, 5.41) is 0. The van der Waals surface area contributed by atoms with Crippen molar-refractivity contribution in [3.05, 3.63) is 11.1 Å². The molecule has 0 radical (unpaired) electrons. The quantitative estimate of drug-likeness (QED) is 0.547. The molecule has 0 aromatic heterocycles. The monoisotopic (exact) mass is 167 g/mol. The van der Waals surface area contributed by atoms with E-state index < -0.39 is 0 Å². The molecule has 1 amide bonds. The molecule has 0 N–H and O–H groups in total. The lowest BCUT2D eigenvalue weighted by Gasteiger charge is -2.12. The van der Waals surface area contributed by atoms with Gasteiger partial charge in [-0.1, -0.05) is 5.57 Å². The average molecular weight is 167 g/mol. The number of allylic oxidation sites excluding steroid dienone is 1. The Hall–Kier alpha value is -0.790. The van der Waals surface area contributed by atoms with Gasteiger partial charge in [-0.2, -0.15) is 0 Å². The minimum absolute atomic E-state index is 0.173. The zero-order valence-electron chi connectivity index (χ0n) is 8.18. The molecule has 1 aliphatic carbocycles. The first-order chi connectivity index (χ1) is 5.63. The molecule has 0 bridgehead atoms. The van der Waals surface area contributed by atoms with Crippen LogP contribution in [0.3, 0.4) is 0 Å². The summed E-state index contributed by atoms with van der Waals surface area (Å²) in [4.78, 5) is 13.2. The van der Waals surface area contributed by atoms with E-state index in [2.05, 4.69) is 0 Å². The smallest absolute Gasteiger partial charge is 0.248 e. The molecule has 0 aromatic carbocycles. The first-order valence-corrected chi connectivity index (χ1v) is 4.53. The number of carbonyl (C=O) groups excluding carboxylic acids is 1. The second-order valence-electron chi connectivity index (χ2n) is 3.64. The Balaban J connectivity index is 2.73. The standard InChI is InChI=1S/C10H17NO/c1-8(10(12)11(2)3)9-6-4-5-7-9/h4-7H2,1-3H3. The molecule has 0 aromatic rings. The average Bonchev–Trinajstić information content (AvgIpc) is 2.53. The highest BCUT2D eigenvalue weighted by molar-refractivity contribution is 5.93. The lowest BCUT2D eigenvalue weighted by Crippen LogP contribution is -2.23. The van der Waals surface area contributed by atoms with E-state index >= 15 is 0 Å². The van der Waals surface area contributed by atoms with Gasteiger partial charge in [-0.25, -0.2) is 0 Å². The topological polar surface area (TPSA) is 20.3 Å². The molecule has 0 heterocycles. The van der Waals surface area contributed by atoms with Gasteiger partial charge in [-0.05, 0) is 32.6 Å². The summed E-state index contributed by atoms with van der Waals surface area (Å²) in [7, 11) is 3.61. The number of rotatable bonds is 1. The number of likely N-dealkylation sites (N-methyl/N-ethyl adjacent to an activating group) is 1. The zero-order chi connectivity index (χ0) is 9.14. The number of nitrogens with zero attached hydrogens (tertiary/aromatic N) is 1. The van der Waals surface area contributed by atoms with Crippen molar-refractivity contribution in [2.45, 2.75) is 32.6 Å². The largest absolute Gasteiger partial charge is 0.345 e. The Morgan fingerprint density at radius 1 is 1.25 bits per heavy atom. The molecule has 2 heteroatoms. The lowest BCUT2D eigenvalue weighted by atomic mass is 10.1. The zero-order valence-corrected chi connectivity index (χ0v) is 8.18. The van der Waals surface area contributed by atoms with Crippen LogP contribution in [0.2, 0.25) is 0 Å². The third kappa shape index (κ3) is 1.87. The maximum absolute atomic E-state index is 11.5. The number of amides is 1. The number of carbonyl (C=O) groups is 1. The van der Waals surface area contributed by atoms with Gasteiger partial charge in [0.25, 0.3) is 0 Å². The molecule has 1 fully saturated rings. The normalized spacial score (nSPS) is 16.4. The third-order valence-electron chi connectivity index (χ3n) is 2.46. The maximum Gasteiger partial charge on any atom is 0.248 e. The molecule has 0 aliphatic heterocycles. The van der Waals surface area contributed by atoms with Crippen molar-refractivity contribution >= 4 is 5.91 Å². The summed E-state index contributed by atoms with van der Waals surface area (Å²) in [6.07, 6.45) is 4.78. The van der Waals surface area contributed by atoms with Crippen LogP contribution in [0, 0.1) is 0 Å². The summed E-state index contributed by atoms with van der Waals surface area (Å²) in [6, 6.07) is 0. The van der Waals surface area contributed by atoms with E-state index in [0.717, 1.165) is 18.4 Å². The summed E-state index contributed by atoms with van der Waals surface area (Å²) >= 11 is 0. The Kier molecular flexibility index (Phi) is 2.90. The molecule has 0 atom stereocenters. The van der Waals surface area contributed by atoms with Crippen molar-refractivity contribution in [3.8, 4) is 0 Å². The van der Waals surface area contributed by atoms with Crippen molar-refractivity contribution in [3.63, 3.8) is 0 Å². The minimum Gasteiger partial charge on any atom is -0.345 e. The summed E-state index contributed by atoms with van der Waals surface area (Å²) in [6.45, 7) is 1.95. The van der Waals surface area contributed by atoms with Crippen LogP contribution >= 0.6 is 0 Å². The summed E-state index contributed by atoms with van der Waals surface area (Å²) in [5.41, 5.74) is 2.34. The van der Waals surface area contributed by atoms with Gasteiger partial charge in [0.05, 0.1) is 0 Å². The molecular weight excluding hydrogens is 150 g/mol. The molecule has 12 heavy (non-hydrogen) atoms. The van der Waals surface area contributed by atoms with Crippen LogP contribution < -0.4 is 0 Å². The van der Waals surface area contributed by atoms with Crippen LogP contribution in [0.1, 0.15) is 32.6 Å². The Labute approximate surface area is 74.2 Å². The van der Waals surface area contributed by atoms with Crippen molar-refractivity contribution in [2.75, 3.05) is 14.1 Å². The van der Waals surface area contributed by atoms with Crippen molar-refractivity contribution in [1.82, 2.24) is 4.90 Å². The summed E-state index contributed by atoms with van der Waals surface area (Å²) in [5.74, 6) is 0.173. The van der Waals surface area contributed by atoms with Crippen LogP contribution in [0.25, 0.3) is 0 Å². The predicted octanol–water partition coefficient (Wildman–Crippen LogP) is 1.97. The van der Waals surface area contributed by atoms with Gasteiger partial charge in [0.15, 0.2) is 0 Å². The second-order valence-corrected chi connectivity index (χ2v) is 3.64. The van der Waals surface area contributed by atoms with Crippen molar-refractivity contribution in [2.24, 2.45) is 0 Å². The Morgan fingerprint density at radius 3 is 2.17 bits per heavy atom. The molecular formula is C10H17NO. The van der Waals surface area contributed by atoms with Gasteiger partial charge < -0.3 is 4.90 Å². The first-order valence-electron chi connectivity index (χ1n) is 4.53. The van der Waals surface area contributed by atoms with Crippen LogP contribution in [-0.2, 0) is 4.79 Å². The molecule has 1 aliphatic rings.